The van der Waals surface area contributed by atoms with Crippen LogP contribution in [0.3, 0.4) is 0 Å². The second-order valence-corrected chi connectivity index (χ2v) is 9.37. The van der Waals surface area contributed by atoms with Crippen LogP contribution in [-0.4, -0.2) is 11.9 Å². The fourth-order valence-corrected chi connectivity index (χ4v) is 5.34. The van der Waals surface area contributed by atoms with Gasteiger partial charge in [-0.1, -0.05) is 34.1 Å². The van der Waals surface area contributed by atoms with Crippen LogP contribution in [0.4, 0.5) is 30.2 Å². The summed E-state index contributed by atoms with van der Waals surface area (Å²) in [5.74, 6) is -0.571. The maximum Gasteiger partial charge on any atom is 0.416 e. The van der Waals surface area contributed by atoms with E-state index in [4.69, 9.17) is 5.73 Å². The zero-order valence-corrected chi connectivity index (χ0v) is 17.7. The first kappa shape index (κ1) is 20.6. The van der Waals surface area contributed by atoms with E-state index in [1.165, 1.54) is 11.8 Å². The lowest BCUT2D eigenvalue weighted by atomic mass is 9.85. The molecule has 1 aliphatic heterocycles. The van der Waals surface area contributed by atoms with E-state index in [-0.39, 0.29) is 23.6 Å². The summed E-state index contributed by atoms with van der Waals surface area (Å²) in [7, 11) is 0. The van der Waals surface area contributed by atoms with Crippen molar-refractivity contribution in [2.75, 3.05) is 10.6 Å². The van der Waals surface area contributed by atoms with Crippen LogP contribution < -0.4 is 16.4 Å². The first-order valence-electron chi connectivity index (χ1n) is 9.27. The van der Waals surface area contributed by atoms with Crippen molar-refractivity contribution in [1.29, 1.82) is 0 Å². The molecule has 0 aromatic heterocycles. The topological polar surface area (TPSA) is 67.2 Å². The smallest absolute Gasteiger partial charge is 0.352 e. The predicted octanol–water partition coefficient (Wildman–Crippen LogP) is 6.13. The Morgan fingerprint density at radius 3 is 2.72 bits per heavy atom. The van der Waals surface area contributed by atoms with Gasteiger partial charge in [0.2, 0.25) is 5.91 Å². The highest BCUT2D eigenvalue weighted by Crippen LogP contribution is 2.50. The number of nitrogens with one attached hydrogen (secondary N) is 2. The minimum atomic E-state index is -4.51. The molecule has 154 valence electrons. The number of fused-ring (bicyclic) bond motifs is 2. The summed E-state index contributed by atoms with van der Waals surface area (Å²) in [6.07, 6.45) is -1.56. The molecule has 0 spiro atoms. The number of anilines is 3. The van der Waals surface area contributed by atoms with E-state index in [1.807, 2.05) is 18.2 Å². The molecular formula is C20H19BrF3N3OS. The summed E-state index contributed by atoms with van der Waals surface area (Å²) < 4.78 is 41.3. The molecule has 29 heavy (non-hydrogen) atoms. The molecule has 2 unspecified atom stereocenters. The molecule has 1 heterocycles. The van der Waals surface area contributed by atoms with Crippen LogP contribution in [0.25, 0.3) is 0 Å². The maximum atomic E-state index is 13.5. The number of carbonyl (C=O) groups excluding carboxylic acids is 1. The summed E-state index contributed by atoms with van der Waals surface area (Å²) in [5.41, 5.74) is 6.57. The van der Waals surface area contributed by atoms with Crippen molar-refractivity contribution in [3.05, 3.63) is 40.4 Å². The highest BCUT2D eigenvalue weighted by atomic mass is 79.9. The Hall–Kier alpha value is -1.71. The van der Waals surface area contributed by atoms with Crippen LogP contribution >= 0.6 is 27.7 Å². The summed E-state index contributed by atoms with van der Waals surface area (Å²) in [6, 6.07) is 7.61. The van der Waals surface area contributed by atoms with Gasteiger partial charge in [-0.25, -0.2) is 0 Å². The molecule has 4 nitrogen and oxygen atoms in total. The van der Waals surface area contributed by atoms with Crippen LogP contribution in [0.5, 0.6) is 0 Å². The summed E-state index contributed by atoms with van der Waals surface area (Å²) in [6.45, 7) is 0. The van der Waals surface area contributed by atoms with Gasteiger partial charge in [-0.05, 0) is 49.6 Å². The number of hydrogen-bond donors (Lipinski definition) is 3. The molecule has 1 fully saturated rings. The molecular weight excluding hydrogens is 467 g/mol. The van der Waals surface area contributed by atoms with Crippen molar-refractivity contribution >= 4 is 50.7 Å². The van der Waals surface area contributed by atoms with Gasteiger partial charge in [0.05, 0.1) is 22.6 Å². The lowest BCUT2D eigenvalue weighted by Crippen LogP contribution is -2.34. The van der Waals surface area contributed by atoms with Gasteiger partial charge in [-0.3, -0.25) is 4.79 Å². The molecule has 1 saturated carbocycles. The highest BCUT2D eigenvalue weighted by molar-refractivity contribution is 9.10. The number of nitrogens with two attached hydrogens (primary N) is 1. The van der Waals surface area contributed by atoms with E-state index in [9.17, 15) is 18.0 Å². The minimum absolute atomic E-state index is 0.0473. The maximum absolute atomic E-state index is 13.5. The van der Waals surface area contributed by atoms with Crippen molar-refractivity contribution in [1.82, 2.24) is 0 Å². The largest absolute Gasteiger partial charge is 0.416 e. The number of benzene rings is 2. The van der Waals surface area contributed by atoms with Crippen molar-refractivity contribution < 1.29 is 18.0 Å². The number of alkyl halides is 3. The molecule has 2 aliphatic rings. The van der Waals surface area contributed by atoms with Crippen LogP contribution in [0, 0.1) is 5.92 Å². The van der Waals surface area contributed by atoms with Crippen molar-refractivity contribution in [3.8, 4) is 0 Å². The number of hydrogen-bond acceptors (Lipinski definition) is 4. The van der Waals surface area contributed by atoms with E-state index in [2.05, 4.69) is 26.6 Å². The molecule has 2 aromatic carbocycles. The third-order valence-corrected chi connectivity index (χ3v) is 6.79. The quantitative estimate of drug-likeness (QED) is 0.408. The van der Waals surface area contributed by atoms with Gasteiger partial charge in [0.1, 0.15) is 0 Å². The SMILES string of the molecule is NC1CCCC(C(=O)Nc2cc(C(F)(F)F)cc3c2Nc2ccc(Br)cc2S3)C1. The Balaban J connectivity index is 1.70. The molecule has 4 rings (SSSR count). The van der Waals surface area contributed by atoms with E-state index in [0.717, 1.165) is 40.0 Å². The van der Waals surface area contributed by atoms with Gasteiger partial charge in [0.15, 0.2) is 0 Å². The lowest BCUT2D eigenvalue weighted by Gasteiger charge is -2.28. The number of carbonyl (C=O) groups is 1. The molecule has 4 N–H and O–H groups in total. The Labute approximate surface area is 178 Å². The fraction of sp³-hybridized carbons (Fsp3) is 0.350. The molecule has 0 saturated heterocycles. The fourth-order valence-electron chi connectivity index (χ4n) is 3.72. The third kappa shape index (κ3) is 4.41. The van der Waals surface area contributed by atoms with Crippen molar-refractivity contribution in [2.45, 2.75) is 47.7 Å². The minimum Gasteiger partial charge on any atom is -0.352 e. The molecule has 1 aliphatic carbocycles. The average molecular weight is 486 g/mol. The summed E-state index contributed by atoms with van der Waals surface area (Å²) in [5, 5.41) is 5.92. The first-order valence-corrected chi connectivity index (χ1v) is 10.9. The zero-order chi connectivity index (χ0) is 20.8. The number of halogens is 4. The Kier molecular flexibility index (Phi) is 5.56. The highest BCUT2D eigenvalue weighted by Gasteiger charge is 2.34. The Morgan fingerprint density at radius 2 is 2.00 bits per heavy atom. The van der Waals surface area contributed by atoms with Gasteiger partial charge >= 0.3 is 6.18 Å². The summed E-state index contributed by atoms with van der Waals surface area (Å²) >= 11 is 4.62. The second kappa shape index (κ2) is 7.85. The van der Waals surface area contributed by atoms with Crippen molar-refractivity contribution in [3.63, 3.8) is 0 Å². The molecule has 1 amide bonds. The van der Waals surface area contributed by atoms with Crippen molar-refractivity contribution in [2.24, 2.45) is 11.7 Å². The van der Waals surface area contributed by atoms with Gasteiger partial charge in [0.25, 0.3) is 0 Å². The van der Waals surface area contributed by atoms with Gasteiger partial charge in [-0.15, -0.1) is 0 Å². The molecule has 9 heteroatoms. The summed E-state index contributed by atoms with van der Waals surface area (Å²) in [4.78, 5) is 14.0. The van der Waals surface area contributed by atoms with Crippen LogP contribution in [0.1, 0.15) is 31.2 Å². The Bertz CT molecular complexity index is 967. The predicted molar refractivity (Wildman–Crippen MR) is 112 cm³/mol. The van der Waals surface area contributed by atoms with E-state index in [1.54, 1.807) is 0 Å². The molecule has 2 atom stereocenters. The van der Waals surface area contributed by atoms with Crippen LogP contribution in [0.2, 0.25) is 0 Å². The number of amides is 1. The van der Waals surface area contributed by atoms with E-state index < -0.39 is 11.7 Å². The average Bonchev–Trinajstić information content (AvgIpc) is 2.65. The normalized spacial score (nSPS) is 21.0. The van der Waals surface area contributed by atoms with Gasteiger partial charge < -0.3 is 16.4 Å². The van der Waals surface area contributed by atoms with Crippen LogP contribution in [0.15, 0.2) is 44.6 Å². The van der Waals surface area contributed by atoms with E-state index in [0.29, 0.717) is 23.4 Å². The Morgan fingerprint density at radius 1 is 1.21 bits per heavy atom. The van der Waals surface area contributed by atoms with Gasteiger partial charge in [-0.2, -0.15) is 13.2 Å². The lowest BCUT2D eigenvalue weighted by molar-refractivity contribution is -0.137. The second-order valence-electron chi connectivity index (χ2n) is 7.38. The van der Waals surface area contributed by atoms with Crippen LogP contribution in [-0.2, 0) is 11.0 Å². The standard InChI is InChI=1S/C20H19BrF3N3OS/c21-12-4-5-14-16(9-12)29-17-8-11(20(22,23)24)7-15(18(17)26-14)27-19(28)10-2-1-3-13(25)6-10/h4-5,7-10,13,26H,1-3,6,25H2,(H,27,28). The van der Waals surface area contributed by atoms with E-state index >= 15 is 0 Å². The zero-order valence-electron chi connectivity index (χ0n) is 15.3. The monoisotopic (exact) mass is 485 g/mol. The first-order chi connectivity index (χ1) is 13.7. The molecule has 0 radical (unpaired) electrons. The number of rotatable bonds is 2. The van der Waals surface area contributed by atoms with Gasteiger partial charge in [0, 0.05) is 26.2 Å². The molecule has 0 bridgehead atoms. The third-order valence-electron chi connectivity index (χ3n) is 5.20. The molecule has 2 aromatic rings.